The minimum atomic E-state index is -0.526. The highest BCUT2D eigenvalue weighted by atomic mass is 35.5. The van der Waals surface area contributed by atoms with Gasteiger partial charge in [-0.3, -0.25) is 14.2 Å². The zero-order valence-electron chi connectivity index (χ0n) is 13.7. The zero-order valence-corrected chi connectivity index (χ0v) is 16.1. The van der Waals surface area contributed by atoms with Crippen molar-refractivity contribution in [3.63, 3.8) is 0 Å². The minimum absolute atomic E-state index is 0.217. The highest BCUT2D eigenvalue weighted by Crippen LogP contribution is 2.31. The first kappa shape index (κ1) is 18.8. The number of ether oxygens (including phenoxy) is 1. The number of aromatic nitrogens is 2. The Hall–Kier alpha value is -2.02. The van der Waals surface area contributed by atoms with Crippen LogP contribution in [-0.2, 0) is 21.8 Å². The molecule has 0 aliphatic carbocycles. The standard InChI is InChI=1S/C18H14Cl2N2O3S/c1-25-16(23)9-22-17(24)11-5-2-3-8-15(11)21-18(22)26-10-12-13(19)6-4-7-14(12)20/h2-8H,9-10H2,1H3. The second kappa shape index (κ2) is 8.12. The summed E-state index contributed by atoms with van der Waals surface area (Å²) in [5.74, 6) is -0.119. The molecule has 3 rings (SSSR count). The van der Waals surface area contributed by atoms with E-state index in [0.29, 0.717) is 31.9 Å². The molecule has 0 radical (unpaired) electrons. The normalized spacial score (nSPS) is 10.9. The number of rotatable bonds is 5. The first-order valence-electron chi connectivity index (χ1n) is 7.63. The third-order valence-corrected chi connectivity index (χ3v) is 5.46. The lowest BCUT2D eigenvalue weighted by Crippen LogP contribution is -2.27. The van der Waals surface area contributed by atoms with E-state index < -0.39 is 5.97 Å². The maximum atomic E-state index is 12.8. The Kier molecular flexibility index (Phi) is 5.86. The van der Waals surface area contributed by atoms with Crippen LogP contribution < -0.4 is 5.56 Å². The van der Waals surface area contributed by atoms with E-state index in [-0.39, 0.29) is 12.1 Å². The number of para-hydroxylation sites is 1. The Morgan fingerprint density at radius 1 is 1.15 bits per heavy atom. The third kappa shape index (κ3) is 3.87. The summed E-state index contributed by atoms with van der Waals surface area (Å²) in [5.41, 5.74) is 1.01. The summed E-state index contributed by atoms with van der Waals surface area (Å²) < 4.78 is 6.01. The molecule has 0 atom stereocenters. The third-order valence-electron chi connectivity index (χ3n) is 3.75. The van der Waals surface area contributed by atoms with Crippen molar-refractivity contribution in [2.45, 2.75) is 17.5 Å². The molecule has 0 N–H and O–H groups in total. The first-order valence-corrected chi connectivity index (χ1v) is 9.37. The Labute approximate surface area is 163 Å². The molecule has 0 saturated heterocycles. The molecule has 3 aromatic rings. The fourth-order valence-corrected chi connectivity index (χ4v) is 4.14. The van der Waals surface area contributed by atoms with Crippen LogP contribution in [0.5, 0.6) is 0 Å². The number of methoxy groups -OCH3 is 1. The van der Waals surface area contributed by atoms with E-state index in [9.17, 15) is 9.59 Å². The Balaban J connectivity index is 2.04. The van der Waals surface area contributed by atoms with Crippen molar-refractivity contribution < 1.29 is 9.53 Å². The van der Waals surface area contributed by atoms with Gasteiger partial charge in [-0.15, -0.1) is 0 Å². The predicted octanol–water partition coefficient (Wildman–Crippen LogP) is 4.17. The van der Waals surface area contributed by atoms with Crippen molar-refractivity contribution >= 4 is 51.8 Å². The molecular weight excluding hydrogens is 395 g/mol. The van der Waals surface area contributed by atoms with Gasteiger partial charge < -0.3 is 4.74 Å². The summed E-state index contributed by atoms with van der Waals surface area (Å²) in [6.07, 6.45) is 0. The number of nitrogens with zero attached hydrogens (tertiary/aromatic N) is 2. The van der Waals surface area contributed by atoms with Crippen LogP contribution in [0.4, 0.5) is 0 Å². The number of hydrogen-bond donors (Lipinski definition) is 0. The predicted molar refractivity (Wildman–Crippen MR) is 104 cm³/mol. The van der Waals surface area contributed by atoms with Gasteiger partial charge in [0.2, 0.25) is 0 Å². The van der Waals surface area contributed by atoms with Crippen molar-refractivity contribution in [1.82, 2.24) is 9.55 Å². The van der Waals surface area contributed by atoms with Gasteiger partial charge in [0.15, 0.2) is 5.16 Å². The number of thioether (sulfide) groups is 1. The van der Waals surface area contributed by atoms with Crippen molar-refractivity contribution in [2.24, 2.45) is 0 Å². The number of esters is 1. The summed E-state index contributed by atoms with van der Waals surface area (Å²) in [6.45, 7) is -0.217. The molecule has 0 fully saturated rings. The van der Waals surface area contributed by atoms with Crippen LogP contribution in [0, 0.1) is 0 Å². The van der Waals surface area contributed by atoms with Gasteiger partial charge in [-0.2, -0.15) is 0 Å². The van der Waals surface area contributed by atoms with Gasteiger partial charge in [-0.1, -0.05) is 53.2 Å². The molecular formula is C18H14Cl2N2O3S. The summed E-state index contributed by atoms with van der Waals surface area (Å²) in [6, 6.07) is 12.3. The lowest BCUT2D eigenvalue weighted by Gasteiger charge is -2.13. The largest absolute Gasteiger partial charge is 0.468 e. The molecule has 0 bridgehead atoms. The number of carbonyl (C=O) groups excluding carboxylic acids is 1. The van der Waals surface area contributed by atoms with E-state index in [1.54, 1.807) is 42.5 Å². The van der Waals surface area contributed by atoms with Crippen LogP contribution in [0.3, 0.4) is 0 Å². The molecule has 0 unspecified atom stereocenters. The molecule has 0 spiro atoms. The number of carbonyl (C=O) groups is 1. The van der Waals surface area contributed by atoms with Crippen LogP contribution in [-0.4, -0.2) is 22.6 Å². The highest BCUT2D eigenvalue weighted by molar-refractivity contribution is 7.98. The first-order chi connectivity index (χ1) is 12.5. The number of fused-ring (bicyclic) bond motifs is 1. The lowest BCUT2D eigenvalue weighted by atomic mass is 10.2. The van der Waals surface area contributed by atoms with E-state index in [2.05, 4.69) is 4.98 Å². The molecule has 8 heteroatoms. The van der Waals surface area contributed by atoms with Crippen molar-refractivity contribution in [3.05, 3.63) is 68.4 Å². The van der Waals surface area contributed by atoms with Gasteiger partial charge in [-0.05, 0) is 29.8 Å². The number of hydrogen-bond acceptors (Lipinski definition) is 5. The molecule has 0 saturated carbocycles. The quantitative estimate of drug-likeness (QED) is 0.360. The Morgan fingerprint density at radius 3 is 2.54 bits per heavy atom. The Bertz CT molecular complexity index is 1020. The molecule has 0 aliphatic rings. The van der Waals surface area contributed by atoms with Gasteiger partial charge in [0.05, 0.1) is 18.0 Å². The van der Waals surface area contributed by atoms with E-state index >= 15 is 0 Å². The van der Waals surface area contributed by atoms with E-state index in [1.807, 2.05) is 0 Å². The molecule has 2 aromatic carbocycles. The molecule has 1 aromatic heterocycles. The number of halogens is 2. The maximum Gasteiger partial charge on any atom is 0.325 e. The molecule has 0 amide bonds. The van der Waals surface area contributed by atoms with Crippen molar-refractivity contribution in [2.75, 3.05) is 7.11 Å². The second-order valence-electron chi connectivity index (χ2n) is 5.37. The lowest BCUT2D eigenvalue weighted by molar-refractivity contribution is -0.141. The van der Waals surface area contributed by atoms with Crippen molar-refractivity contribution in [3.8, 4) is 0 Å². The van der Waals surface area contributed by atoms with Crippen LogP contribution in [0.25, 0.3) is 10.9 Å². The van der Waals surface area contributed by atoms with Gasteiger partial charge in [0, 0.05) is 15.8 Å². The molecule has 0 aliphatic heterocycles. The zero-order chi connectivity index (χ0) is 18.7. The molecule has 5 nitrogen and oxygen atoms in total. The average Bonchev–Trinajstić information content (AvgIpc) is 2.64. The summed E-state index contributed by atoms with van der Waals surface area (Å²) in [4.78, 5) is 29.1. The number of benzene rings is 2. The summed E-state index contributed by atoms with van der Waals surface area (Å²) in [7, 11) is 1.28. The SMILES string of the molecule is COC(=O)Cn1c(SCc2c(Cl)cccc2Cl)nc2ccccc2c1=O. The van der Waals surface area contributed by atoms with Crippen LogP contribution in [0.2, 0.25) is 10.0 Å². The van der Waals surface area contributed by atoms with Gasteiger partial charge >= 0.3 is 5.97 Å². The topological polar surface area (TPSA) is 61.2 Å². The second-order valence-corrected chi connectivity index (χ2v) is 7.12. The maximum absolute atomic E-state index is 12.8. The fourth-order valence-electron chi connectivity index (χ4n) is 2.40. The monoisotopic (exact) mass is 408 g/mol. The average molecular weight is 409 g/mol. The van der Waals surface area contributed by atoms with E-state index in [4.69, 9.17) is 27.9 Å². The summed E-state index contributed by atoms with van der Waals surface area (Å²) in [5, 5.41) is 1.91. The minimum Gasteiger partial charge on any atom is -0.468 e. The smallest absolute Gasteiger partial charge is 0.325 e. The van der Waals surface area contributed by atoms with Crippen LogP contribution in [0.15, 0.2) is 52.4 Å². The Morgan fingerprint density at radius 2 is 1.85 bits per heavy atom. The van der Waals surface area contributed by atoms with E-state index in [0.717, 1.165) is 5.56 Å². The molecule has 1 heterocycles. The van der Waals surface area contributed by atoms with Gasteiger partial charge in [-0.25, -0.2) is 4.98 Å². The van der Waals surface area contributed by atoms with Gasteiger partial charge in [0.25, 0.3) is 5.56 Å². The molecule has 26 heavy (non-hydrogen) atoms. The van der Waals surface area contributed by atoms with Crippen LogP contribution >= 0.6 is 35.0 Å². The fraction of sp³-hybridized carbons (Fsp3) is 0.167. The summed E-state index contributed by atoms with van der Waals surface area (Å²) >= 11 is 13.7. The van der Waals surface area contributed by atoms with Gasteiger partial charge in [0.1, 0.15) is 6.54 Å². The molecule has 134 valence electrons. The van der Waals surface area contributed by atoms with E-state index in [1.165, 1.54) is 23.4 Å². The highest BCUT2D eigenvalue weighted by Gasteiger charge is 2.16. The van der Waals surface area contributed by atoms with Crippen molar-refractivity contribution in [1.29, 1.82) is 0 Å². The van der Waals surface area contributed by atoms with Crippen LogP contribution in [0.1, 0.15) is 5.56 Å².